The predicted molar refractivity (Wildman–Crippen MR) is 82.9 cm³/mol. The summed E-state index contributed by atoms with van der Waals surface area (Å²) in [6.45, 7) is 0.160. The minimum atomic E-state index is -0.570. The standard InChI is InChI=1S/C16H11N3O4/c20-15(17-9-5-6-12-13(7-9)23-8-22-12)14-10-3-1-2-4-11(10)18-16(21)19-14/h1-7H,8H2,(H,17,20)(H,18,19,21). The molecule has 0 radical (unpaired) electrons. The highest BCUT2D eigenvalue weighted by atomic mass is 16.7. The van der Waals surface area contributed by atoms with Gasteiger partial charge in [0.25, 0.3) is 5.91 Å². The Bertz CT molecular complexity index is 980. The fourth-order valence-corrected chi connectivity index (χ4v) is 2.44. The minimum Gasteiger partial charge on any atom is -0.454 e. The molecule has 0 unspecified atom stereocenters. The van der Waals surface area contributed by atoms with Crippen molar-refractivity contribution in [2.24, 2.45) is 0 Å². The number of fused-ring (bicyclic) bond motifs is 2. The van der Waals surface area contributed by atoms with Crippen LogP contribution < -0.4 is 20.5 Å². The minimum absolute atomic E-state index is 0.0713. The van der Waals surface area contributed by atoms with Crippen LogP contribution in [0.5, 0.6) is 11.5 Å². The van der Waals surface area contributed by atoms with Gasteiger partial charge in [-0.05, 0) is 18.2 Å². The van der Waals surface area contributed by atoms with Gasteiger partial charge in [-0.3, -0.25) is 4.79 Å². The summed E-state index contributed by atoms with van der Waals surface area (Å²) in [5.41, 5.74) is 0.593. The normalized spacial score (nSPS) is 12.3. The molecule has 1 amide bonds. The van der Waals surface area contributed by atoms with Gasteiger partial charge in [-0.15, -0.1) is 0 Å². The van der Waals surface area contributed by atoms with Crippen LogP contribution in [0.4, 0.5) is 5.69 Å². The molecule has 2 heterocycles. The highest BCUT2D eigenvalue weighted by Gasteiger charge is 2.17. The second-order valence-electron chi connectivity index (χ2n) is 4.96. The van der Waals surface area contributed by atoms with Gasteiger partial charge in [-0.1, -0.05) is 18.2 Å². The van der Waals surface area contributed by atoms with Gasteiger partial charge in [0.15, 0.2) is 11.5 Å². The van der Waals surface area contributed by atoms with Gasteiger partial charge in [-0.25, -0.2) is 4.79 Å². The number of nitrogens with one attached hydrogen (secondary N) is 2. The zero-order valence-electron chi connectivity index (χ0n) is 11.8. The quantitative estimate of drug-likeness (QED) is 0.754. The smallest absolute Gasteiger partial charge is 0.346 e. The first kappa shape index (κ1) is 13.3. The summed E-state index contributed by atoms with van der Waals surface area (Å²) in [5.74, 6) is 0.723. The summed E-state index contributed by atoms with van der Waals surface area (Å²) >= 11 is 0. The molecule has 114 valence electrons. The van der Waals surface area contributed by atoms with Crippen LogP contribution >= 0.6 is 0 Å². The maximum absolute atomic E-state index is 12.5. The van der Waals surface area contributed by atoms with Crippen LogP contribution in [0, 0.1) is 0 Å². The number of carbonyl (C=O) groups excluding carboxylic acids is 1. The molecule has 2 N–H and O–H groups in total. The van der Waals surface area contributed by atoms with Crippen LogP contribution in [-0.2, 0) is 0 Å². The Hall–Kier alpha value is -3.35. The Balaban J connectivity index is 1.71. The molecule has 0 bridgehead atoms. The fourth-order valence-electron chi connectivity index (χ4n) is 2.44. The van der Waals surface area contributed by atoms with Gasteiger partial charge in [-0.2, -0.15) is 4.98 Å². The van der Waals surface area contributed by atoms with Crippen LogP contribution in [0.3, 0.4) is 0 Å². The van der Waals surface area contributed by atoms with Gasteiger partial charge in [0.05, 0.1) is 5.52 Å². The maximum atomic E-state index is 12.5. The van der Waals surface area contributed by atoms with Crippen molar-refractivity contribution in [2.45, 2.75) is 0 Å². The van der Waals surface area contributed by atoms with Crippen LogP contribution in [0.15, 0.2) is 47.3 Å². The lowest BCUT2D eigenvalue weighted by Gasteiger charge is -2.07. The molecule has 0 aliphatic carbocycles. The third kappa shape index (κ3) is 2.38. The summed E-state index contributed by atoms with van der Waals surface area (Å²) in [6.07, 6.45) is 0. The molecular weight excluding hydrogens is 298 g/mol. The van der Waals surface area contributed by atoms with Crippen molar-refractivity contribution in [3.63, 3.8) is 0 Å². The van der Waals surface area contributed by atoms with E-state index in [0.717, 1.165) is 0 Å². The molecule has 1 aromatic heterocycles. The van der Waals surface area contributed by atoms with Gasteiger partial charge in [0.1, 0.15) is 5.69 Å². The molecule has 2 aromatic carbocycles. The monoisotopic (exact) mass is 309 g/mol. The SMILES string of the molecule is O=C(Nc1ccc2c(c1)OCO2)c1nc(=O)[nH]c2ccccc12. The summed E-state index contributed by atoms with van der Waals surface area (Å²) in [4.78, 5) is 30.5. The van der Waals surface area contributed by atoms with Crippen molar-refractivity contribution in [1.29, 1.82) is 0 Å². The number of benzene rings is 2. The number of amides is 1. The lowest BCUT2D eigenvalue weighted by Crippen LogP contribution is -2.21. The number of anilines is 1. The second kappa shape index (κ2) is 5.13. The molecule has 0 saturated carbocycles. The number of carbonyl (C=O) groups is 1. The average Bonchev–Trinajstić information content (AvgIpc) is 3.01. The lowest BCUT2D eigenvalue weighted by molar-refractivity contribution is 0.102. The van der Waals surface area contributed by atoms with Crippen molar-refractivity contribution >= 4 is 22.5 Å². The molecule has 1 aliphatic heterocycles. The van der Waals surface area contributed by atoms with Gasteiger partial charge < -0.3 is 19.8 Å². The van der Waals surface area contributed by atoms with Crippen molar-refractivity contribution in [3.8, 4) is 11.5 Å². The van der Waals surface area contributed by atoms with Crippen molar-refractivity contribution in [1.82, 2.24) is 9.97 Å². The first-order valence-electron chi connectivity index (χ1n) is 6.91. The Labute approximate surface area is 129 Å². The fraction of sp³-hybridized carbons (Fsp3) is 0.0625. The van der Waals surface area contributed by atoms with Crippen molar-refractivity contribution < 1.29 is 14.3 Å². The number of para-hydroxylation sites is 1. The summed E-state index contributed by atoms with van der Waals surface area (Å²) < 4.78 is 10.5. The largest absolute Gasteiger partial charge is 0.454 e. The maximum Gasteiger partial charge on any atom is 0.346 e. The topological polar surface area (TPSA) is 93.3 Å². The van der Waals surface area contributed by atoms with Crippen LogP contribution in [0.1, 0.15) is 10.5 Å². The Morgan fingerprint density at radius 1 is 1.13 bits per heavy atom. The van der Waals surface area contributed by atoms with Gasteiger partial charge >= 0.3 is 5.69 Å². The van der Waals surface area contributed by atoms with E-state index in [1.165, 1.54) is 0 Å². The molecule has 23 heavy (non-hydrogen) atoms. The van der Waals surface area contributed by atoms with Crippen LogP contribution in [-0.4, -0.2) is 22.7 Å². The molecule has 0 saturated heterocycles. The Morgan fingerprint density at radius 2 is 1.96 bits per heavy atom. The molecule has 3 aromatic rings. The number of ether oxygens (including phenoxy) is 2. The number of H-pyrrole nitrogens is 1. The van der Waals surface area contributed by atoms with E-state index in [0.29, 0.717) is 28.1 Å². The average molecular weight is 309 g/mol. The molecule has 0 fully saturated rings. The van der Waals surface area contributed by atoms with E-state index in [1.54, 1.807) is 42.5 Å². The van der Waals surface area contributed by atoms with E-state index >= 15 is 0 Å². The van der Waals surface area contributed by atoms with E-state index in [9.17, 15) is 9.59 Å². The first-order chi connectivity index (χ1) is 11.2. The zero-order chi connectivity index (χ0) is 15.8. The second-order valence-corrected chi connectivity index (χ2v) is 4.96. The Kier molecular flexibility index (Phi) is 2.97. The molecule has 7 heteroatoms. The molecule has 7 nitrogen and oxygen atoms in total. The number of rotatable bonds is 2. The van der Waals surface area contributed by atoms with Crippen molar-refractivity contribution in [2.75, 3.05) is 12.1 Å². The lowest BCUT2D eigenvalue weighted by atomic mass is 10.1. The number of hydrogen-bond acceptors (Lipinski definition) is 5. The third-order valence-corrected chi connectivity index (χ3v) is 3.48. The highest BCUT2D eigenvalue weighted by molar-refractivity contribution is 6.10. The summed E-state index contributed by atoms with van der Waals surface area (Å²) in [6, 6.07) is 12.1. The van der Waals surface area contributed by atoms with Crippen molar-refractivity contribution in [3.05, 3.63) is 58.6 Å². The molecule has 1 aliphatic rings. The van der Waals surface area contributed by atoms with Gasteiger partial charge in [0.2, 0.25) is 6.79 Å². The highest BCUT2D eigenvalue weighted by Crippen LogP contribution is 2.34. The molecule has 4 rings (SSSR count). The third-order valence-electron chi connectivity index (χ3n) is 3.48. The predicted octanol–water partition coefficient (Wildman–Crippen LogP) is 1.90. The number of hydrogen-bond donors (Lipinski definition) is 2. The summed E-state index contributed by atoms with van der Waals surface area (Å²) in [5, 5.41) is 3.29. The molecular formula is C16H11N3O4. The van der Waals surface area contributed by atoms with Crippen LogP contribution in [0.2, 0.25) is 0 Å². The van der Waals surface area contributed by atoms with E-state index in [-0.39, 0.29) is 12.5 Å². The number of nitrogens with zero attached hydrogens (tertiary/aromatic N) is 1. The van der Waals surface area contributed by atoms with Crippen LogP contribution in [0.25, 0.3) is 10.9 Å². The first-order valence-corrected chi connectivity index (χ1v) is 6.91. The van der Waals surface area contributed by atoms with E-state index in [2.05, 4.69) is 15.3 Å². The Morgan fingerprint density at radius 3 is 2.87 bits per heavy atom. The molecule has 0 atom stereocenters. The summed E-state index contributed by atoms with van der Waals surface area (Å²) in [7, 11) is 0. The van der Waals surface area contributed by atoms with E-state index in [4.69, 9.17) is 9.47 Å². The number of aromatic amines is 1. The zero-order valence-corrected chi connectivity index (χ0v) is 11.8. The molecule has 0 spiro atoms. The van der Waals surface area contributed by atoms with Gasteiger partial charge in [0, 0.05) is 17.1 Å². The van der Waals surface area contributed by atoms with E-state index < -0.39 is 11.6 Å². The number of aromatic nitrogens is 2. The van der Waals surface area contributed by atoms with E-state index in [1.807, 2.05) is 0 Å².